The minimum atomic E-state index is -1.18. The Morgan fingerprint density at radius 1 is 1.17 bits per heavy atom. The number of carboxylic acids is 1. The van der Waals surface area contributed by atoms with Gasteiger partial charge in [-0.3, -0.25) is 5.26 Å². The Hall–Kier alpha value is -2.33. The maximum atomic E-state index is 9.31. The van der Waals surface area contributed by atoms with Crippen LogP contribution >= 0.6 is 11.3 Å². The molecule has 0 amide bonds. The molecule has 0 bridgehead atoms. The summed E-state index contributed by atoms with van der Waals surface area (Å²) in [6.45, 7) is 3.13. The van der Waals surface area contributed by atoms with E-state index in [1.165, 1.54) is 37.2 Å². The number of thiophene rings is 1. The van der Waals surface area contributed by atoms with Gasteiger partial charge < -0.3 is 24.2 Å². The van der Waals surface area contributed by atoms with Crippen LogP contribution in [0, 0.1) is 0 Å². The van der Waals surface area contributed by atoms with E-state index in [2.05, 4.69) is 27.3 Å². The van der Waals surface area contributed by atoms with Gasteiger partial charge in [0, 0.05) is 17.8 Å². The fourth-order valence-electron chi connectivity index (χ4n) is 3.42. The lowest BCUT2D eigenvalue weighted by atomic mass is 10.1. The molecule has 8 nitrogen and oxygen atoms in total. The Bertz CT molecular complexity index is 778. The normalized spacial score (nSPS) is 16.4. The summed E-state index contributed by atoms with van der Waals surface area (Å²) in [6, 6.07) is 10.1. The highest BCUT2D eigenvalue weighted by atomic mass is 32.1. The molecule has 3 heterocycles. The monoisotopic (exact) mass is 437 g/mol. The summed E-state index contributed by atoms with van der Waals surface area (Å²) in [5, 5.41) is 17.1. The van der Waals surface area contributed by atoms with Gasteiger partial charge in [0.15, 0.2) is 18.1 Å². The second-order valence-electron chi connectivity index (χ2n) is 6.97. The maximum Gasteiger partial charge on any atom is 0.333 e. The quantitative estimate of drug-likeness (QED) is 0.472. The first-order chi connectivity index (χ1) is 14.7. The number of ether oxygens (including phenoxy) is 3. The fourth-order valence-corrected chi connectivity index (χ4v) is 4.21. The van der Waals surface area contributed by atoms with E-state index in [-0.39, 0.29) is 12.9 Å². The van der Waals surface area contributed by atoms with E-state index >= 15 is 0 Å². The molecule has 2 aliphatic rings. The van der Waals surface area contributed by atoms with Crippen molar-refractivity contribution in [3.05, 3.63) is 40.6 Å². The number of carbonyl (C=O) groups is 1. The van der Waals surface area contributed by atoms with Crippen LogP contribution in [0.4, 0.5) is 0 Å². The topological polar surface area (TPSA) is 97.7 Å². The standard InChI is InChI=1S/C19H23NO3S.C2H4O4/c1-2-10-20(11-3-1)12-9-15(18-8-5-13-24-18)23-17-7-4-6-16-19(17)22-14-21-16;3-2(4)1-6-5/h4-8,13,15H,1-3,9-12,14H2;5H,1H2,(H,3,4). The highest BCUT2D eigenvalue weighted by molar-refractivity contribution is 7.10. The van der Waals surface area contributed by atoms with Crippen LogP contribution in [0.15, 0.2) is 35.7 Å². The Balaban J connectivity index is 0.000000377. The van der Waals surface area contributed by atoms with Crippen molar-refractivity contribution in [2.45, 2.75) is 31.8 Å². The van der Waals surface area contributed by atoms with E-state index in [0.717, 1.165) is 30.2 Å². The summed E-state index contributed by atoms with van der Waals surface area (Å²) >= 11 is 1.75. The second kappa shape index (κ2) is 11.8. The van der Waals surface area contributed by atoms with Gasteiger partial charge in [0.05, 0.1) is 0 Å². The van der Waals surface area contributed by atoms with Crippen LogP contribution in [0.3, 0.4) is 0 Å². The van der Waals surface area contributed by atoms with E-state index in [1.807, 2.05) is 18.2 Å². The van der Waals surface area contributed by atoms with Gasteiger partial charge in [0.1, 0.15) is 6.10 Å². The van der Waals surface area contributed by atoms with Crippen LogP contribution in [0.1, 0.15) is 36.7 Å². The van der Waals surface area contributed by atoms with Crippen LogP contribution in [0.2, 0.25) is 0 Å². The summed E-state index contributed by atoms with van der Waals surface area (Å²) in [6.07, 6.45) is 5.06. The summed E-state index contributed by atoms with van der Waals surface area (Å²) in [5.74, 6) is 1.10. The van der Waals surface area contributed by atoms with Crippen molar-refractivity contribution in [3.63, 3.8) is 0 Å². The van der Waals surface area contributed by atoms with E-state index in [4.69, 9.17) is 24.6 Å². The first kappa shape index (κ1) is 22.4. The molecule has 1 aromatic heterocycles. The SMILES string of the molecule is O=C(O)COO.c1csc(C(CCN2CCCCC2)Oc2cccc3c2OCO3)c1. The fraction of sp³-hybridized carbons (Fsp3) is 0.476. The smallest absolute Gasteiger partial charge is 0.333 e. The summed E-state index contributed by atoms with van der Waals surface area (Å²) < 4.78 is 17.4. The first-order valence-corrected chi connectivity index (χ1v) is 10.8. The molecule has 1 unspecified atom stereocenters. The first-order valence-electron chi connectivity index (χ1n) is 9.96. The van der Waals surface area contributed by atoms with Gasteiger partial charge >= 0.3 is 5.97 Å². The van der Waals surface area contributed by atoms with Crippen LogP contribution in [0.25, 0.3) is 0 Å². The van der Waals surface area contributed by atoms with Gasteiger partial charge in [-0.2, -0.15) is 0 Å². The molecule has 164 valence electrons. The van der Waals surface area contributed by atoms with Crippen LogP contribution in [-0.2, 0) is 9.68 Å². The lowest BCUT2D eigenvalue weighted by molar-refractivity contribution is -0.243. The predicted octanol–water partition coefficient (Wildman–Crippen LogP) is 4.03. The van der Waals surface area contributed by atoms with E-state index in [9.17, 15) is 4.79 Å². The molecule has 0 aliphatic carbocycles. The second-order valence-corrected chi connectivity index (χ2v) is 7.95. The van der Waals surface area contributed by atoms with Crippen molar-refractivity contribution in [2.75, 3.05) is 33.0 Å². The van der Waals surface area contributed by atoms with Crippen molar-refractivity contribution in [3.8, 4) is 17.2 Å². The average Bonchev–Trinajstić information content (AvgIpc) is 3.44. The maximum absolute atomic E-state index is 9.31. The van der Waals surface area contributed by atoms with Gasteiger partial charge in [-0.15, -0.1) is 11.3 Å². The summed E-state index contributed by atoms with van der Waals surface area (Å²) in [7, 11) is 0. The number of hydrogen-bond donors (Lipinski definition) is 2. The third kappa shape index (κ3) is 6.60. The minimum absolute atomic E-state index is 0.0580. The molecule has 4 rings (SSSR count). The molecule has 2 aliphatic heterocycles. The molecule has 1 atom stereocenters. The molecule has 2 N–H and O–H groups in total. The predicted molar refractivity (Wildman–Crippen MR) is 111 cm³/mol. The molecule has 1 fully saturated rings. The van der Waals surface area contributed by atoms with Crippen LogP contribution < -0.4 is 14.2 Å². The lowest BCUT2D eigenvalue weighted by Gasteiger charge is -2.28. The Kier molecular flexibility index (Phi) is 8.76. The minimum Gasteiger partial charge on any atom is -0.481 e. The zero-order chi connectivity index (χ0) is 21.2. The zero-order valence-electron chi connectivity index (χ0n) is 16.7. The number of para-hydroxylation sites is 1. The van der Waals surface area contributed by atoms with Crippen LogP contribution in [0.5, 0.6) is 17.2 Å². The number of piperidine rings is 1. The number of hydrogen-bond acceptors (Lipinski definition) is 8. The number of rotatable bonds is 8. The van der Waals surface area contributed by atoms with Crippen LogP contribution in [-0.4, -0.2) is 54.3 Å². The lowest BCUT2D eigenvalue weighted by Crippen LogP contribution is -2.31. The molecule has 30 heavy (non-hydrogen) atoms. The highest BCUT2D eigenvalue weighted by Gasteiger charge is 2.23. The molecule has 0 saturated carbocycles. The molecule has 1 aromatic carbocycles. The van der Waals surface area contributed by atoms with Crippen molar-refractivity contribution in [1.82, 2.24) is 4.90 Å². The molecule has 2 aromatic rings. The molecular weight excluding hydrogens is 410 g/mol. The average molecular weight is 438 g/mol. The number of benzene rings is 1. The van der Waals surface area contributed by atoms with Gasteiger partial charge in [0.2, 0.25) is 12.5 Å². The van der Waals surface area contributed by atoms with Gasteiger partial charge in [-0.1, -0.05) is 18.6 Å². The van der Waals surface area contributed by atoms with E-state index < -0.39 is 12.6 Å². The number of carboxylic acid groups (broad SMARTS) is 1. The van der Waals surface area contributed by atoms with Crippen molar-refractivity contribution < 1.29 is 34.3 Å². The Labute approximate surface area is 179 Å². The molecule has 9 heteroatoms. The van der Waals surface area contributed by atoms with Gasteiger partial charge in [0.25, 0.3) is 0 Å². The van der Waals surface area contributed by atoms with E-state index in [0.29, 0.717) is 0 Å². The summed E-state index contributed by atoms with van der Waals surface area (Å²) in [5.41, 5.74) is 0. The van der Waals surface area contributed by atoms with E-state index in [1.54, 1.807) is 11.3 Å². The molecular formula is C21H27NO7S. The Morgan fingerprint density at radius 2 is 2.00 bits per heavy atom. The van der Waals surface area contributed by atoms with Gasteiger partial charge in [-0.25, -0.2) is 9.68 Å². The Morgan fingerprint density at radius 3 is 2.67 bits per heavy atom. The number of aliphatic carboxylic acids is 1. The largest absolute Gasteiger partial charge is 0.481 e. The molecule has 0 radical (unpaired) electrons. The number of likely N-dealkylation sites (tertiary alicyclic amines) is 1. The third-order valence-corrected chi connectivity index (χ3v) is 5.80. The van der Waals surface area contributed by atoms with Crippen molar-refractivity contribution in [1.29, 1.82) is 0 Å². The van der Waals surface area contributed by atoms with Crippen molar-refractivity contribution in [2.24, 2.45) is 0 Å². The number of fused-ring (bicyclic) bond motifs is 1. The molecule has 0 spiro atoms. The highest BCUT2D eigenvalue weighted by Crippen LogP contribution is 2.43. The summed E-state index contributed by atoms with van der Waals surface area (Å²) in [4.78, 5) is 16.3. The zero-order valence-corrected chi connectivity index (χ0v) is 17.5. The third-order valence-electron chi connectivity index (χ3n) is 4.83. The van der Waals surface area contributed by atoms with Gasteiger partial charge in [-0.05, 0) is 49.5 Å². The number of nitrogens with zero attached hydrogens (tertiary/aromatic N) is 1. The molecule has 1 saturated heterocycles. The van der Waals surface area contributed by atoms with Crippen molar-refractivity contribution >= 4 is 17.3 Å².